The largest absolute Gasteiger partial charge is 0.483 e. The van der Waals surface area contributed by atoms with Crippen molar-refractivity contribution in [1.82, 2.24) is 4.31 Å². The van der Waals surface area contributed by atoms with E-state index in [2.05, 4.69) is 26.1 Å². The molecule has 1 aliphatic heterocycles. The number of nitrogens with zero attached hydrogens (tertiary/aromatic N) is 1. The SMILES string of the molecule is CC(C)(C)c1ccccc1OCC(=O)Nc1cccc2c1CCN(S(C)(=O)=O)C2. The van der Waals surface area contributed by atoms with Crippen LogP contribution >= 0.6 is 0 Å². The number of hydrogen-bond acceptors (Lipinski definition) is 4. The summed E-state index contributed by atoms with van der Waals surface area (Å²) in [6.07, 6.45) is 1.78. The van der Waals surface area contributed by atoms with Crippen LogP contribution in [0, 0.1) is 0 Å². The maximum absolute atomic E-state index is 12.5. The Labute approximate surface area is 172 Å². The van der Waals surface area contributed by atoms with Gasteiger partial charge >= 0.3 is 0 Å². The van der Waals surface area contributed by atoms with Crippen LogP contribution < -0.4 is 10.1 Å². The summed E-state index contributed by atoms with van der Waals surface area (Å²) in [5.74, 6) is 0.460. The van der Waals surface area contributed by atoms with Crippen molar-refractivity contribution in [1.29, 1.82) is 0 Å². The van der Waals surface area contributed by atoms with E-state index in [0.717, 1.165) is 16.7 Å². The van der Waals surface area contributed by atoms with Gasteiger partial charge in [-0.3, -0.25) is 4.79 Å². The van der Waals surface area contributed by atoms with Gasteiger partial charge in [0.2, 0.25) is 10.0 Å². The van der Waals surface area contributed by atoms with Crippen molar-refractivity contribution in [3.05, 3.63) is 59.2 Å². The van der Waals surface area contributed by atoms with Gasteiger partial charge in [0, 0.05) is 18.8 Å². The Morgan fingerprint density at radius 2 is 1.86 bits per heavy atom. The van der Waals surface area contributed by atoms with Gasteiger partial charge in [-0.15, -0.1) is 0 Å². The van der Waals surface area contributed by atoms with Crippen molar-refractivity contribution in [2.24, 2.45) is 0 Å². The van der Waals surface area contributed by atoms with Crippen molar-refractivity contribution in [2.45, 2.75) is 39.2 Å². The molecule has 3 rings (SSSR count). The van der Waals surface area contributed by atoms with Crippen LogP contribution in [0.3, 0.4) is 0 Å². The summed E-state index contributed by atoms with van der Waals surface area (Å²) in [6.45, 7) is 6.95. The van der Waals surface area contributed by atoms with Crippen LogP contribution in [0.5, 0.6) is 5.75 Å². The van der Waals surface area contributed by atoms with E-state index < -0.39 is 10.0 Å². The lowest BCUT2D eigenvalue weighted by atomic mass is 9.86. The van der Waals surface area contributed by atoms with E-state index in [1.165, 1.54) is 10.6 Å². The van der Waals surface area contributed by atoms with Gasteiger partial charge in [0.25, 0.3) is 5.91 Å². The fraction of sp³-hybridized carbons (Fsp3) is 0.409. The van der Waals surface area contributed by atoms with Crippen LogP contribution in [-0.4, -0.2) is 38.0 Å². The van der Waals surface area contributed by atoms with Gasteiger partial charge in [0.15, 0.2) is 6.61 Å². The van der Waals surface area contributed by atoms with E-state index in [0.29, 0.717) is 30.9 Å². The highest BCUT2D eigenvalue weighted by Gasteiger charge is 2.25. The number of anilines is 1. The molecule has 7 heteroatoms. The van der Waals surface area contributed by atoms with Crippen molar-refractivity contribution in [2.75, 3.05) is 24.7 Å². The molecule has 156 valence electrons. The summed E-state index contributed by atoms with van der Waals surface area (Å²) in [5.41, 5.74) is 3.57. The number of para-hydroxylation sites is 1. The first-order valence-corrected chi connectivity index (χ1v) is 11.5. The molecule has 29 heavy (non-hydrogen) atoms. The number of sulfonamides is 1. The lowest BCUT2D eigenvalue weighted by Gasteiger charge is -2.28. The molecule has 0 radical (unpaired) electrons. The molecule has 0 spiro atoms. The first-order valence-electron chi connectivity index (χ1n) is 9.64. The van der Waals surface area contributed by atoms with E-state index >= 15 is 0 Å². The van der Waals surface area contributed by atoms with Crippen LogP contribution in [0.25, 0.3) is 0 Å². The average Bonchev–Trinajstić information content (AvgIpc) is 2.65. The van der Waals surface area contributed by atoms with Crippen molar-refractivity contribution in [3.63, 3.8) is 0 Å². The maximum atomic E-state index is 12.5. The molecule has 0 saturated carbocycles. The molecule has 2 aromatic rings. The zero-order chi connectivity index (χ0) is 21.2. The summed E-state index contributed by atoms with van der Waals surface area (Å²) in [4.78, 5) is 12.5. The molecule has 0 saturated heterocycles. The highest BCUT2D eigenvalue weighted by Crippen LogP contribution is 2.31. The minimum Gasteiger partial charge on any atom is -0.483 e. The smallest absolute Gasteiger partial charge is 0.262 e. The number of hydrogen-bond donors (Lipinski definition) is 1. The average molecular weight is 417 g/mol. The summed E-state index contributed by atoms with van der Waals surface area (Å²) in [7, 11) is -3.23. The van der Waals surface area contributed by atoms with Gasteiger partial charge in [0.05, 0.1) is 6.26 Å². The summed E-state index contributed by atoms with van der Waals surface area (Å²) >= 11 is 0. The van der Waals surface area contributed by atoms with Gasteiger partial charge in [0.1, 0.15) is 5.75 Å². The highest BCUT2D eigenvalue weighted by atomic mass is 32.2. The minimum atomic E-state index is -3.23. The third-order valence-corrected chi connectivity index (χ3v) is 6.28. The number of benzene rings is 2. The molecule has 1 heterocycles. The van der Waals surface area contributed by atoms with Gasteiger partial charge in [-0.2, -0.15) is 4.31 Å². The fourth-order valence-electron chi connectivity index (χ4n) is 3.53. The van der Waals surface area contributed by atoms with Gasteiger partial charge in [-0.25, -0.2) is 8.42 Å². The first kappa shape index (κ1) is 21.3. The lowest BCUT2D eigenvalue weighted by molar-refractivity contribution is -0.118. The molecule has 1 N–H and O–H groups in total. The summed E-state index contributed by atoms with van der Waals surface area (Å²) in [5, 5.41) is 2.92. The summed E-state index contributed by atoms with van der Waals surface area (Å²) < 4.78 is 30.9. The second-order valence-corrected chi connectivity index (χ2v) is 10.4. The van der Waals surface area contributed by atoms with E-state index in [4.69, 9.17) is 4.74 Å². The first-order chi connectivity index (χ1) is 13.6. The van der Waals surface area contributed by atoms with Gasteiger partial charge in [-0.05, 0) is 40.7 Å². The molecule has 0 bridgehead atoms. The van der Waals surface area contributed by atoms with Gasteiger partial charge in [-0.1, -0.05) is 51.1 Å². The van der Waals surface area contributed by atoms with E-state index in [9.17, 15) is 13.2 Å². The van der Waals surface area contributed by atoms with E-state index in [1.54, 1.807) is 0 Å². The molecule has 6 nitrogen and oxygen atoms in total. The topological polar surface area (TPSA) is 75.7 Å². The predicted molar refractivity (Wildman–Crippen MR) is 115 cm³/mol. The normalized spacial score (nSPS) is 14.9. The van der Waals surface area contributed by atoms with Crippen LogP contribution in [0.1, 0.15) is 37.5 Å². The third-order valence-electron chi connectivity index (χ3n) is 5.03. The second kappa shape index (κ2) is 8.16. The number of carbonyl (C=O) groups is 1. The Hall–Kier alpha value is -2.38. The highest BCUT2D eigenvalue weighted by molar-refractivity contribution is 7.88. The molecule has 0 atom stereocenters. The standard InChI is InChI=1S/C22H28N2O4S/c1-22(2,3)18-9-5-6-11-20(18)28-15-21(25)23-19-10-7-8-16-14-24(29(4,26)27)13-12-17(16)19/h5-11H,12-15H2,1-4H3,(H,23,25). The lowest BCUT2D eigenvalue weighted by Crippen LogP contribution is -2.35. The van der Waals surface area contributed by atoms with Crippen molar-refractivity contribution in [3.8, 4) is 5.75 Å². The molecule has 1 amide bonds. The molecule has 0 fully saturated rings. The number of fused-ring (bicyclic) bond motifs is 1. The molecule has 0 aliphatic carbocycles. The summed E-state index contributed by atoms with van der Waals surface area (Å²) in [6, 6.07) is 13.3. The maximum Gasteiger partial charge on any atom is 0.262 e. The number of amides is 1. The Bertz CT molecular complexity index is 1010. The monoisotopic (exact) mass is 416 g/mol. The van der Waals surface area contributed by atoms with Gasteiger partial charge < -0.3 is 10.1 Å². The Morgan fingerprint density at radius 1 is 1.14 bits per heavy atom. The Morgan fingerprint density at radius 3 is 2.55 bits per heavy atom. The van der Waals surface area contributed by atoms with Crippen LogP contribution in [0.4, 0.5) is 5.69 Å². The third kappa shape index (κ3) is 5.16. The number of carbonyl (C=O) groups excluding carboxylic acids is 1. The Kier molecular flexibility index (Phi) is 6.00. The fourth-order valence-corrected chi connectivity index (χ4v) is 4.32. The molecule has 2 aromatic carbocycles. The van der Waals surface area contributed by atoms with E-state index in [1.807, 2.05) is 42.5 Å². The Balaban J connectivity index is 1.69. The second-order valence-electron chi connectivity index (χ2n) is 8.37. The zero-order valence-corrected chi connectivity index (χ0v) is 18.2. The van der Waals surface area contributed by atoms with Crippen molar-refractivity contribution < 1.29 is 17.9 Å². The molecule has 1 aliphatic rings. The molecule has 0 aromatic heterocycles. The van der Waals surface area contributed by atoms with Crippen molar-refractivity contribution >= 4 is 21.6 Å². The molecular formula is C22H28N2O4S. The number of nitrogens with one attached hydrogen (secondary N) is 1. The van der Waals surface area contributed by atoms with Crippen LogP contribution in [0.15, 0.2) is 42.5 Å². The van der Waals surface area contributed by atoms with Crippen LogP contribution in [0.2, 0.25) is 0 Å². The van der Waals surface area contributed by atoms with E-state index in [-0.39, 0.29) is 17.9 Å². The quantitative estimate of drug-likeness (QED) is 0.811. The number of ether oxygens (including phenoxy) is 1. The zero-order valence-electron chi connectivity index (χ0n) is 17.4. The predicted octanol–water partition coefficient (Wildman–Crippen LogP) is 3.32. The van der Waals surface area contributed by atoms with Crippen LogP contribution in [-0.2, 0) is 33.2 Å². The number of rotatable bonds is 5. The minimum absolute atomic E-state index is 0.0862. The molecular weight excluding hydrogens is 388 g/mol. The molecule has 0 unspecified atom stereocenters.